The summed E-state index contributed by atoms with van der Waals surface area (Å²) in [7, 11) is 1.30. The lowest BCUT2D eigenvalue weighted by atomic mass is 10.3. The Labute approximate surface area is 106 Å². The van der Waals surface area contributed by atoms with Crippen LogP contribution in [0.4, 0.5) is 4.79 Å². The van der Waals surface area contributed by atoms with Crippen LogP contribution in [0.25, 0.3) is 0 Å². The first-order chi connectivity index (χ1) is 8.63. The van der Waals surface area contributed by atoms with E-state index < -0.39 is 6.09 Å². The second kappa shape index (κ2) is 7.26. The average molecular weight is 251 g/mol. The van der Waals surface area contributed by atoms with Gasteiger partial charge in [-0.1, -0.05) is 6.07 Å². The van der Waals surface area contributed by atoms with E-state index >= 15 is 0 Å². The van der Waals surface area contributed by atoms with Crippen LogP contribution in [0, 0.1) is 0 Å². The highest BCUT2D eigenvalue weighted by molar-refractivity contribution is 5.73. The molecule has 0 radical (unpaired) electrons. The van der Waals surface area contributed by atoms with Crippen LogP contribution >= 0.6 is 0 Å². The van der Waals surface area contributed by atoms with Crippen LogP contribution in [-0.4, -0.2) is 42.1 Å². The Morgan fingerprint density at radius 2 is 2.22 bits per heavy atom. The first-order valence-corrected chi connectivity index (χ1v) is 5.60. The summed E-state index contributed by atoms with van der Waals surface area (Å²) in [5, 5.41) is 2.53. The Balaban J connectivity index is 2.46. The zero-order chi connectivity index (χ0) is 13.4. The molecule has 1 heterocycles. The van der Waals surface area contributed by atoms with E-state index in [1.165, 1.54) is 14.0 Å². The van der Waals surface area contributed by atoms with E-state index in [9.17, 15) is 9.59 Å². The second-order valence-corrected chi connectivity index (χ2v) is 3.68. The minimum atomic E-state index is -0.503. The van der Waals surface area contributed by atoms with Crippen molar-refractivity contribution in [1.82, 2.24) is 15.2 Å². The molecule has 0 aliphatic carbocycles. The van der Waals surface area contributed by atoms with Gasteiger partial charge in [-0.15, -0.1) is 0 Å². The van der Waals surface area contributed by atoms with Gasteiger partial charge in [0.05, 0.1) is 19.3 Å². The normalized spacial score (nSPS) is 9.67. The third-order valence-electron chi connectivity index (χ3n) is 2.36. The lowest BCUT2D eigenvalue weighted by Gasteiger charge is -2.20. The number of carbonyl (C=O) groups excluding carboxylic acids is 2. The quantitative estimate of drug-likeness (QED) is 0.839. The molecule has 0 aromatic carbocycles. The summed E-state index contributed by atoms with van der Waals surface area (Å²) < 4.78 is 4.44. The first-order valence-electron chi connectivity index (χ1n) is 5.60. The van der Waals surface area contributed by atoms with Gasteiger partial charge in [-0.25, -0.2) is 4.79 Å². The summed E-state index contributed by atoms with van der Waals surface area (Å²) in [5.74, 6) is -0.0627. The van der Waals surface area contributed by atoms with E-state index in [0.717, 1.165) is 5.69 Å². The van der Waals surface area contributed by atoms with Crippen molar-refractivity contribution in [2.24, 2.45) is 0 Å². The van der Waals surface area contributed by atoms with Crippen molar-refractivity contribution in [3.8, 4) is 0 Å². The predicted molar refractivity (Wildman–Crippen MR) is 65.7 cm³/mol. The molecule has 6 nitrogen and oxygen atoms in total. The average Bonchev–Trinajstić information content (AvgIpc) is 2.38. The molecule has 1 aromatic rings. The van der Waals surface area contributed by atoms with Crippen molar-refractivity contribution >= 4 is 12.0 Å². The highest BCUT2D eigenvalue weighted by Gasteiger charge is 2.10. The predicted octanol–water partition coefficient (Wildman–Crippen LogP) is 0.786. The van der Waals surface area contributed by atoms with E-state index in [1.807, 2.05) is 18.2 Å². The van der Waals surface area contributed by atoms with E-state index in [-0.39, 0.29) is 5.91 Å². The zero-order valence-electron chi connectivity index (χ0n) is 10.5. The van der Waals surface area contributed by atoms with E-state index in [1.54, 1.807) is 11.1 Å². The molecule has 0 saturated heterocycles. The number of amides is 2. The molecule has 0 bridgehead atoms. The Bertz CT molecular complexity index is 395. The van der Waals surface area contributed by atoms with Crippen LogP contribution < -0.4 is 5.32 Å². The van der Waals surface area contributed by atoms with E-state index in [4.69, 9.17) is 0 Å². The molecule has 98 valence electrons. The van der Waals surface area contributed by atoms with E-state index in [2.05, 4.69) is 15.0 Å². The molecule has 0 fully saturated rings. The van der Waals surface area contributed by atoms with Gasteiger partial charge in [-0.2, -0.15) is 0 Å². The monoisotopic (exact) mass is 251 g/mol. The molecular weight excluding hydrogens is 234 g/mol. The summed E-state index contributed by atoms with van der Waals surface area (Å²) in [6.07, 6.45) is 1.18. The number of methoxy groups -OCH3 is 1. The van der Waals surface area contributed by atoms with Gasteiger partial charge in [-0.3, -0.25) is 9.78 Å². The number of hydrogen-bond acceptors (Lipinski definition) is 4. The standard InChI is InChI=1S/C12H17N3O3/c1-10(16)15(8-7-14-12(17)18-2)9-11-5-3-4-6-13-11/h3-6H,7-9H2,1-2H3,(H,14,17). The number of nitrogens with one attached hydrogen (secondary N) is 1. The van der Waals surface area contributed by atoms with Crippen molar-refractivity contribution in [1.29, 1.82) is 0 Å². The topological polar surface area (TPSA) is 71.5 Å². The van der Waals surface area contributed by atoms with Crippen LogP contribution in [0.5, 0.6) is 0 Å². The molecule has 0 saturated carbocycles. The van der Waals surface area contributed by atoms with Crippen LogP contribution in [0.15, 0.2) is 24.4 Å². The Morgan fingerprint density at radius 1 is 1.44 bits per heavy atom. The molecule has 0 spiro atoms. The van der Waals surface area contributed by atoms with Crippen molar-refractivity contribution in [2.75, 3.05) is 20.2 Å². The van der Waals surface area contributed by atoms with Crippen molar-refractivity contribution < 1.29 is 14.3 Å². The summed E-state index contributed by atoms with van der Waals surface area (Å²) in [6, 6.07) is 5.54. The number of rotatable bonds is 5. The molecule has 0 aliphatic heterocycles. The van der Waals surface area contributed by atoms with Crippen molar-refractivity contribution in [2.45, 2.75) is 13.5 Å². The number of carbonyl (C=O) groups is 2. The van der Waals surface area contributed by atoms with Gasteiger partial charge in [0.1, 0.15) is 0 Å². The Hall–Kier alpha value is -2.11. The molecule has 0 aliphatic rings. The van der Waals surface area contributed by atoms with E-state index in [0.29, 0.717) is 19.6 Å². The number of ether oxygens (including phenoxy) is 1. The van der Waals surface area contributed by atoms with Gasteiger partial charge in [0.15, 0.2) is 0 Å². The minimum absolute atomic E-state index is 0.0627. The lowest BCUT2D eigenvalue weighted by Crippen LogP contribution is -2.37. The molecule has 0 atom stereocenters. The fourth-order valence-corrected chi connectivity index (χ4v) is 1.40. The van der Waals surface area contributed by atoms with Gasteiger partial charge in [-0.05, 0) is 12.1 Å². The van der Waals surface area contributed by atoms with Crippen LogP contribution in [-0.2, 0) is 16.1 Å². The lowest BCUT2D eigenvalue weighted by molar-refractivity contribution is -0.129. The third kappa shape index (κ3) is 4.82. The maximum absolute atomic E-state index is 11.4. The molecule has 1 aromatic heterocycles. The first kappa shape index (κ1) is 14.0. The summed E-state index contributed by atoms with van der Waals surface area (Å²) in [5.41, 5.74) is 0.811. The smallest absolute Gasteiger partial charge is 0.406 e. The Morgan fingerprint density at radius 3 is 2.78 bits per heavy atom. The molecule has 1 rings (SSSR count). The van der Waals surface area contributed by atoms with Gasteiger partial charge in [0.25, 0.3) is 0 Å². The number of pyridine rings is 1. The molecular formula is C12H17N3O3. The SMILES string of the molecule is COC(=O)NCCN(Cc1ccccn1)C(C)=O. The summed E-state index contributed by atoms with van der Waals surface area (Å²) in [6.45, 7) is 2.68. The van der Waals surface area contributed by atoms with Crippen LogP contribution in [0.2, 0.25) is 0 Å². The highest BCUT2D eigenvalue weighted by atomic mass is 16.5. The van der Waals surface area contributed by atoms with Crippen molar-refractivity contribution in [3.63, 3.8) is 0 Å². The third-order valence-corrected chi connectivity index (χ3v) is 2.36. The molecule has 18 heavy (non-hydrogen) atoms. The second-order valence-electron chi connectivity index (χ2n) is 3.68. The van der Waals surface area contributed by atoms with Crippen LogP contribution in [0.3, 0.4) is 0 Å². The number of alkyl carbamates (subject to hydrolysis) is 1. The van der Waals surface area contributed by atoms with Crippen molar-refractivity contribution in [3.05, 3.63) is 30.1 Å². The zero-order valence-corrected chi connectivity index (χ0v) is 10.5. The van der Waals surface area contributed by atoms with Gasteiger partial charge < -0.3 is 15.0 Å². The maximum Gasteiger partial charge on any atom is 0.406 e. The number of aromatic nitrogens is 1. The minimum Gasteiger partial charge on any atom is -0.453 e. The molecule has 2 amide bonds. The van der Waals surface area contributed by atoms with Gasteiger partial charge >= 0.3 is 6.09 Å². The summed E-state index contributed by atoms with van der Waals surface area (Å²) in [4.78, 5) is 28.1. The van der Waals surface area contributed by atoms with Crippen LogP contribution in [0.1, 0.15) is 12.6 Å². The molecule has 6 heteroatoms. The maximum atomic E-state index is 11.4. The number of hydrogen-bond donors (Lipinski definition) is 1. The molecule has 1 N–H and O–H groups in total. The van der Waals surface area contributed by atoms with Gasteiger partial charge in [0, 0.05) is 26.2 Å². The fraction of sp³-hybridized carbons (Fsp3) is 0.417. The Kier molecular flexibility index (Phi) is 5.63. The molecule has 0 unspecified atom stereocenters. The summed E-state index contributed by atoms with van der Waals surface area (Å²) >= 11 is 0. The number of nitrogens with zero attached hydrogens (tertiary/aromatic N) is 2. The highest BCUT2D eigenvalue weighted by Crippen LogP contribution is 2.00. The fourth-order valence-electron chi connectivity index (χ4n) is 1.40. The van der Waals surface area contributed by atoms with Gasteiger partial charge in [0.2, 0.25) is 5.91 Å². The largest absolute Gasteiger partial charge is 0.453 e.